The quantitative estimate of drug-likeness (QED) is 0.794. The molecule has 0 fully saturated rings. The zero-order valence-electron chi connectivity index (χ0n) is 14.3. The number of nitrogens with one attached hydrogen (secondary N) is 1. The lowest BCUT2D eigenvalue weighted by molar-refractivity contribution is -0.128. The summed E-state index contributed by atoms with van der Waals surface area (Å²) in [5, 5.41) is 6.97. The molecule has 0 aliphatic heterocycles. The second-order valence-electron chi connectivity index (χ2n) is 5.60. The van der Waals surface area contributed by atoms with E-state index in [4.69, 9.17) is 16.1 Å². The molecule has 2 aromatic rings. The van der Waals surface area contributed by atoms with Crippen LogP contribution in [0.1, 0.15) is 24.3 Å². The van der Waals surface area contributed by atoms with Crippen molar-refractivity contribution in [1.82, 2.24) is 10.1 Å². The van der Waals surface area contributed by atoms with Crippen LogP contribution in [0.25, 0.3) is 0 Å². The van der Waals surface area contributed by atoms with E-state index in [0.717, 1.165) is 5.56 Å². The summed E-state index contributed by atoms with van der Waals surface area (Å²) >= 11 is 7.14. The second kappa shape index (κ2) is 8.92. The maximum atomic E-state index is 12.3. The van der Waals surface area contributed by atoms with Crippen LogP contribution in [0.15, 0.2) is 34.9 Å². The lowest BCUT2D eigenvalue weighted by Crippen LogP contribution is -2.31. The lowest BCUT2D eigenvalue weighted by atomic mass is 10.1. The number of carbonyl (C=O) groups is 2. The van der Waals surface area contributed by atoms with E-state index in [1.165, 1.54) is 11.8 Å². The molecule has 0 saturated carbocycles. The summed E-state index contributed by atoms with van der Waals surface area (Å²) in [6.45, 7) is 3.69. The third kappa shape index (κ3) is 5.79. The highest BCUT2D eigenvalue weighted by atomic mass is 35.5. The van der Waals surface area contributed by atoms with E-state index in [1.807, 2.05) is 19.1 Å². The minimum Gasteiger partial charge on any atom is -0.360 e. The van der Waals surface area contributed by atoms with Crippen molar-refractivity contribution in [3.63, 3.8) is 0 Å². The molecule has 0 aliphatic rings. The SMILES string of the molecule is Cc1cc(NC(=O)CSCC(=O)N(C)C(C)c2ccc(Cl)cc2)no1. The van der Waals surface area contributed by atoms with Crippen LogP contribution in [-0.4, -0.2) is 40.4 Å². The van der Waals surface area contributed by atoms with Crippen molar-refractivity contribution in [2.75, 3.05) is 23.9 Å². The molecule has 1 aromatic carbocycles. The minimum absolute atomic E-state index is 0.0440. The van der Waals surface area contributed by atoms with Crippen LogP contribution in [0.4, 0.5) is 5.82 Å². The van der Waals surface area contributed by atoms with Crippen molar-refractivity contribution in [3.05, 3.63) is 46.7 Å². The Labute approximate surface area is 155 Å². The van der Waals surface area contributed by atoms with Crippen molar-refractivity contribution in [2.45, 2.75) is 19.9 Å². The van der Waals surface area contributed by atoms with Gasteiger partial charge in [0.25, 0.3) is 0 Å². The van der Waals surface area contributed by atoms with Gasteiger partial charge in [-0.1, -0.05) is 28.9 Å². The van der Waals surface area contributed by atoms with Gasteiger partial charge in [-0.25, -0.2) is 0 Å². The normalized spacial score (nSPS) is 11.8. The first-order valence-corrected chi connectivity index (χ1v) is 9.22. The standard InChI is InChI=1S/C17H20ClN3O3S/c1-11-8-15(20-24-11)19-16(22)9-25-10-17(23)21(3)12(2)13-4-6-14(18)7-5-13/h4-8,12H,9-10H2,1-3H3,(H,19,20,22). The fourth-order valence-electron chi connectivity index (χ4n) is 2.12. The maximum Gasteiger partial charge on any atom is 0.235 e. The van der Waals surface area contributed by atoms with Crippen molar-refractivity contribution >= 4 is 41.0 Å². The maximum absolute atomic E-state index is 12.3. The van der Waals surface area contributed by atoms with Crippen LogP contribution in [0.2, 0.25) is 5.02 Å². The Kier molecular flexibility index (Phi) is 6.90. The zero-order valence-corrected chi connectivity index (χ0v) is 15.9. The van der Waals surface area contributed by atoms with Gasteiger partial charge in [-0.15, -0.1) is 11.8 Å². The average Bonchev–Trinajstić information content (AvgIpc) is 2.98. The Hall–Kier alpha value is -1.99. The van der Waals surface area contributed by atoms with Crippen LogP contribution in [-0.2, 0) is 9.59 Å². The van der Waals surface area contributed by atoms with E-state index in [1.54, 1.807) is 37.1 Å². The molecular weight excluding hydrogens is 362 g/mol. The molecule has 134 valence electrons. The van der Waals surface area contributed by atoms with E-state index in [0.29, 0.717) is 16.6 Å². The van der Waals surface area contributed by atoms with E-state index in [2.05, 4.69) is 10.5 Å². The molecule has 6 nitrogen and oxygen atoms in total. The smallest absolute Gasteiger partial charge is 0.235 e. The molecule has 8 heteroatoms. The first-order chi connectivity index (χ1) is 11.9. The summed E-state index contributed by atoms with van der Waals surface area (Å²) in [5.74, 6) is 1.12. The second-order valence-corrected chi connectivity index (χ2v) is 7.02. The number of thioether (sulfide) groups is 1. The molecule has 1 aromatic heterocycles. The van der Waals surface area contributed by atoms with Crippen LogP contribution in [0, 0.1) is 6.92 Å². The monoisotopic (exact) mass is 381 g/mol. The molecule has 2 rings (SSSR count). The first-order valence-electron chi connectivity index (χ1n) is 7.69. The summed E-state index contributed by atoms with van der Waals surface area (Å²) < 4.78 is 4.87. The number of carbonyl (C=O) groups excluding carboxylic acids is 2. The molecular formula is C17H20ClN3O3S. The van der Waals surface area contributed by atoms with Gasteiger partial charge in [0.2, 0.25) is 11.8 Å². The van der Waals surface area contributed by atoms with Crippen LogP contribution in [0.5, 0.6) is 0 Å². The number of aryl methyl sites for hydroxylation is 1. The number of nitrogens with zero attached hydrogens (tertiary/aromatic N) is 2. The van der Waals surface area contributed by atoms with Gasteiger partial charge >= 0.3 is 0 Å². The fraction of sp³-hybridized carbons (Fsp3) is 0.353. The molecule has 25 heavy (non-hydrogen) atoms. The summed E-state index contributed by atoms with van der Waals surface area (Å²) in [7, 11) is 1.75. The van der Waals surface area contributed by atoms with Gasteiger partial charge in [0, 0.05) is 18.1 Å². The van der Waals surface area contributed by atoms with Gasteiger partial charge in [-0.2, -0.15) is 0 Å². The summed E-state index contributed by atoms with van der Waals surface area (Å²) in [5.41, 5.74) is 1.00. The molecule has 2 amide bonds. The molecule has 1 N–H and O–H groups in total. The van der Waals surface area contributed by atoms with Gasteiger partial charge < -0.3 is 14.7 Å². The summed E-state index contributed by atoms with van der Waals surface area (Å²) in [6, 6.07) is 8.97. The predicted octanol–water partition coefficient (Wildman–Crippen LogP) is 3.53. The van der Waals surface area contributed by atoms with Crippen LogP contribution in [0.3, 0.4) is 0 Å². The number of aromatic nitrogens is 1. The molecule has 1 unspecified atom stereocenters. The highest BCUT2D eigenvalue weighted by Gasteiger charge is 2.18. The zero-order chi connectivity index (χ0) is 18.4. The Morgan fingerprint density at radius 2 is 2.00 bits per heavy atom. The van der Waals surface area contributed by atoms with Gasteiger partial charge in [0.1, 0.15) is 5.76 Å². The van der Waals surface area contributed by atoms with Gasteiger partial charge in [0.15, 0.2) is 5.82 Å². The van der Waals surface area contributed by atoms with Crippen LogP contribution >= 0.6 is 23.4 Å². The molecule has 1 heterocycles. The average molecular weight is 382 g/mol. The van der Waals surface area contributed by atoms with Crippen molar-refractivity contribution in [2.24, 2.45) is 0 Å². The summed E-state index contributed by atoms with van der Waals surface area (Å²) in [4.78, 5) is 25.8. The lowest BCUT2D eigenvalue weighted by Gasteiger charge is -2.25. The van der Waals surface area contributed by atoms with Crippen molar-refractivity contribution in [1.29, 1.82) is 0 Å². The Morgan fingerprint density at radius 1 is 1.32 bits per heavy atom. The number of hydrogen-bond acceptors (Lipinski definition) is 5. The molecule has 0 saturated heterocycles. The van der Waals surface area contributed by atoms with Crippen molar-refractivity contribution < 1.29 is 14.1 Å². The topological polar surface area (TPSA) is 75.4 Å². The van der Waals surface area contributed by atoms with Crippen LogP contribution < -0.4 is 5.32 Å². The Bertz CT molecular complexity index is 733. The molecule has 0 spiro atoms. The Morgan fingerprint density at radius 3 is 2.60 bits per heavy atom. The van der Waals surface area contributed by atoms with Gasteiger partial charge in [-0.05, 0) is 31.5 Å². The van der Waals surface area contributed by atoms with Crippen molar-refractivity contribution in [3.8, 4) is 0 Å². The number of halogens is 1. The fourth-order valence-corrected chi connectivity index (χ4v) is 2.98. The summed E-state index contributed by atoms with van der Waals surface area (Å²) in [6.07, 6.45) is 0. The molecule has 0 radical (unpaired) electrons. The van der Waals surface area contributed by atoms with E-state index in [-0.39, 0.29) is 29.4 Å². The van der Waals surface area contributed by atoms with Gasteiger partial charge in [-0.3, -0.25) is 9.59 Å². The largest absolute Gasteiger partial charge is 0.360 e. The van der Waals surface area contributed by atoms with Gasteiger partial charge in [0.05, 0.1) is 17.5 Å². The third-order valence-corrected chi connectivity index (χ3v) is 4.85. The highest BCUT2D eigenvalue weighted by molar-refractivity contribution is 8.00. The molecule has 1 atom stereocenters. The number of anilines is 1. The van der Waals surface area contributed by atoms with E-state index >= 15 is 0 Å². The third-order valence-electron chi connectivity index (χ3n) is 3.68. The number of amides is 2. The number of hydrogen-bond donors (Lipinski definition) is 1. The number of rotatable bonds is 7. The Balaban J connectivity index is 1.77. The predicted molar refractivity (Wildman–Crippen MR) is 99.8 cm³/mol. The molecule has 0 bridgehead atoms. The minimum atomic E-state index is -0.223. The highest BCUT2D eigenvalue weighted by Crippen LogP contribution is 2.21. The van der Waals surface area contributed by atoms with E-state index < -0.39 is 0 Å². The first kappa shape index (κ1) is 19.3. The molecule has 0 aliphatic carbocycles. The van der Waals surface area contributed by atoms with E-state index in [9.17, 15) is 9.59 Å². The number of benzene rings is 1.